The van der Waals surface area contributed by atoms with Crippen molar-refractivity contribution in [3.05, 3.63) is 21.9 Å². The number of hydrogen-bond donors (Lipinski definition) is 1. The van der Waals surface area contributed by atoms with Crippen LogP contribution in [0.4, 0.5) is 0 Å². The molecule has 2 rings (SSSR count). The number of carboxylic acid groups (broad SMARTS) is 1. The van der Waals surface area contributed by atoms with Crippen LogP contribution < -0.4 is 0 Å². The fourth-order valence-electron chi connectivity index (χ4n) is 1.77. The van der Waals surface area contributed by atoms with Gasteiger partial charge in [-0.25, -0.2) is 4.79 Å². The zero-order valence-corrected chi connectivity index (χ0v) is 10.9. The smallest absolute Gasteiger partial charge is 0.345 e. The summed E-state index contributed by atoms with van der Waals surface area (Å²) in [5.74, 6) is -0.458. The first kappa shape index (κ1) is 12.7. The monoisotopic (exact) mass is 274 g/mol. The molecule has 1 aromatic heterocycles. The quantitative estimate of drug-likeness (QED) is 0.910. The van der Waals surface area contributed by atoms with Crippen molar-refractivity contribution < 1.29 is 18.8 Å². The summed E-state index contributed by atoms with van der Waals surface area (Å²) in [6.45, 7) is 1.36. The minimum absolute atomic E-state index is 0.194. The Morgan fingerprint density at radius 3 is 2.76 bits per heavy atom. The average Bonchev–Trinajstić information content (AvgIpc) is 2.79. The molecule has 1 aromatic rings. The topological polar surface area (TPSA) is 63.6 Å². The predicted molar refractivity (Wildman–Crippen MR) is 67.0 cm³/mol. The molecule has 1 saturated heterocycles. The zero-order chi connectivity index (χ0) is 12.3. The minimum atomic E-state index is -0.920. The van der Waals surface area contributed by atoms with E-state index in [1.165, 1.54) is 11.3 Å². The van der Waals surface area contributed by atoms with E-state index >= 15 is 0 Å². The number of carbonyl (C=O) groups is 1. The summed E-state index contributed by atoms with van der Waals surface area (Å²) in [4.78, 5) is 11.9. The van der Waals surface area contributed by atoms with Crippen molar-refractivity contribution in [2.75, 3.05) is 13.2 Å². The fourth-order valence-corrected chi connectivity index (χ4v) is 4.32. The summed E-state index contributed by atoms with van der Waals surface area (Å²) in [5, 5.41) is 8.99. The molecule has 0 bridgehead atoms. The second kappa shape index (κ2) is 5.75. The molecule has 1 N–H and O–H groups in total. The van der Waals surface area contributed by atoms with E-state index in [0.29, 0.717) is 23.8 Å². The molecule has 2 heterocycles. The Balaban J connectivity index is 1.94. The summed E-state index contributed by atoms with van der Waals surface area (Å²) in [6, 6.07) is 3.33. The lowest BCUT2D eigenvalue weighted by molar-refractivity contribution is 0.0702. The molecule has 1 atom stereocenters. The van der Waals surface area contributed by atoms with Crippen molar-refractivity contribution in [2.45, 2.75) is 23.8 Å². The molecule has 0 saturated carbocycles. The first-order chi connectivity index (χ1) is 8.16. The Kier molecular flexibility index (Phi) is 4.31. The first-order valence-electron chi connectivity index (χ1n) is 5.44. The minimum Gasteiger partial charge on any atom is -0.477 e. The van der Waals surface area contributed by atoms with Crippen LogP contribution in [0.1, 0.15) is 27.4 Å². The number of carboxylic acids is 1. The van der Waals surface area contributed by atoms with Crippen molar-refractivity contribution in [3.8, 4) is 0 Å². The van der Waals surface area contributed by atoms with Gasteiger partial charge in [-0.2, -0.15) is 0 Å². The third-order valence-electron chi connectivity index (χ3n) is 2.70. The zero-order valence-electron chi connectivity index (χ0n) is 9.26. The number of ether oxygens (including phenoxy) is 1. The Hall–Kier alpha value is -0.720. The van der Waals surface area contributed by atoms with Gasteiger partial charge in [-0.05, 0) is 25.0 Å². The highest BCUT2D eigenvalue weighted by Gasteiger charge is 2.21. The van der Waals surface area contributed by atoms with Crippen LogP contribution in [0.15, 0.2) is 12.1 Å². The third-order valence-corrected chi connectivity index (χ3v) is 5.76. The number of aromatic carboxylic acids is 1. The van der Waals surface area contributed by atoms with Crippen LogP contribution in [0, 0.1) is 0 Å². The molecule has 1 aliphatic rings. The Labute approximate surface area is 106 Å². The van der Waals surface area contributed by atoms with Crippen molar-refractivity contribution in [2.24, 2.45) is 0 Å². The molecule has 6 heteroatoms. The highest BCUT2D eigenvalue weighted by atomic mass is 32.2. The van der Waals surface area contributed by atoms with Crippen molar-refractivity contribution in [1.82, 2.24) is 0 Å². The molecule has 4 nitrogen and oxygen atoms in total. The van der Waals surface area contributed by atoms with E-state index in [-0.39, 0.29) is 5.25 Å². The third kappa shape index (κ3) is 3.37. The molecule has 1 unspecified atom stereocenters. The van der Waals surface area contributed by atoms with Gasteiger partial charge >= 0.3 is 5.97 Å². The molecule has 1 aliphatic heterocycles. The SMILES string of the molecule is O=C(O)c1ccc(CS(=O)C2CCOCC2)s1. The molecular weight excluding hydrogens is 260 g/mol. The van der Waals surface area contributed by atoms with Gasteiger partial charge in [0.15, 0.2) is 0 Å². The summed E-state index contributed by atoms with van der Waals surface area (Å²) in [6.07, 6.45) is 1.67. The average molecular weight is 274 g/mol. The van der Waals surface area contributed by atoms with E-state index in [2.05, 4.69) is 0 Å². The van der Waals surface area contributed by atoms with Gasteiger partial charge in [0.05, 0.1) is 5.75 Å². The highest BCUT2D eigenvalue weighted by Crippen LogP contribution is 2.22. The van der Waals surface area contributed by atoms with Crippen LogP contribution in [-0.2, 0) is 21.3 Å². The van der Waals surface area contributed by atoms with Gasteiger partial charge in [-0.3, -0.25) is 4.21 Å². The van der Waals surface area contributed by atoms with E-state index < -0.39 is 16.8 Å². The van der Waals surface area contributed by atoms with Gasteiger partial charge in [-0.15, -0.1) is 11.3 Å². The van der Waals surface area contributed by atoms with E-state index in [9.17, 15) is 9.00 Å². The van der Waals surface area contributed by atoms with Crippen LogP contribution in [0.5, 0.6) is 0 Å². The molecule has 0 aromatic carbocycles. The summed E-state index contributed by atoms with van der Waals surface area (Å²) < 4.78 is 17.3. The van der Waals surface area contributed by atoms with Crippen molar-refractivity contribution in [1.29, 1.82) is 0 Å². The van der Waals surface area contributed by atoms with E-state index in [1.807, 2.05) is 0 Å². The van der Waals surface area contributed by atoms with Gasteiger partial charge in [0.2, 0.25) is 0 Å². The van der Waals surface area contributed by atoms with Crippen LogP contribution in [0.25, 0.3) is 0 Å². The number of thiophene rings is 1. The maximum atomic E-state index is 12.1. The van der Waals surface area contributed by atoms with Gasteiger partial charge in [0.1, 0.15) is 4.88 Å². The Morgan fingerprint density at radius 1 is 1.47 bits per heavy atom. The Bertz CT molecular complexity index is 421. The molecule has 0 radical (unpaired) electrons. The lowest BCUT2D eigenvalue weighted by Crippen LogP contribution is -2.25. The molecule has 94 valence electrons. The van der Waals surface area contributed by atoms with Crippen LogP contribution >= 0.6 is 11.3 Å². The van der Waals surface area contributed by atoms with Gasteiger partial charge in [-0.1, -0.05) is 0 Å². The van der Waals surface area contributed by atoms with Crippen LogP contribution in [0.3, 0.4) is 0 Å². The number of hydrogen-bond acceptors (Lipinski definition) is 4. The van der Waals surface area contributed by atoms with Crippen molar-refractivity contribution >= 4 is 28.1 Å². The molecular formula is C11H14O4S2. The lowest BCUT2D eigenvalue weighted by atomic mass is 10.2. The molecule has 1 fully saturated rings. The predicted octanol–water partition coefficient (Wildman–Crippen LogP) is 1.87. The van der Waals surface area contributed by atoms with Crippen LogP contribution in [0.2, 0.25) is 0 Å². The second-order valence-corrected chi connectivity index (χ2v) is 6.79. The maximum absolute atomic E-state index is 12.1. The van der Waals surface area contributed by atoms with Crippen LogP contribution in [-0.4, -0.2) is 33.7 Å². The first-order valence-corrected chi connectivity index (χ1v) is 7.63. The fraction of sp³-hybridized carbons (Fsp3) is 0.545. The number of rotatable bonds is 4. The Morgan fingerprint density at radius 2 is 2.18 bits per heavy atom. The summed E-state index contributed by atoms with van der Waals surface area (Å²) >= 11 is 1.21. The molecule has 17 heavy (non-hydrogen) atoms. The summed E-state index contributed by atoms with van der Waals surface area (Å²) in [5.41, 5.74) is 0. The largest absolute Gasteiger partial charge is 0.477 e. The van der Waals surface area contributed by atoms with E-state index in [4.69, 9.17) is 9.84 Å². The van der Waals surface area contributed by atoms with E-state index in [1.54, 1.807) is 12.1 Å². The van der Waals surface area contributed by atoms with Gasteiger partial charge in [0, 0.05) is 34.1 Å². The molecule has 0 amide bonds. The van der Waals surface area contributed by atoms with Gasteiger partial charge in [0.25, 0.3) is 0 Å². The van der Waals surface area contributed by atoms with Gasteiger partial charge < -0.3 is 9.84 Å². The normalized spacial score (nSPS) is 19.1. The van der Waals surface area contributed by atoms with E-state index in [0.717, 1.165) is 17.7 Å². The van der Waals surface area contributed by atoms with Crippen molar-refractivity contribution in [3.63, 3.8) is 0 Å². The lowest BCUT2D eigenvalue weighted by Gasteiger charge is -2.20. The standard InChI is InChI=1S/C11H14O4S2/c12-11(13)10-2-1-8(16-10)7-17(14)9-3-5-15-6-4-9/h1-2,9H,3-7H2,(H,12,13). The highest BCUT2D eigenvalue weighted by molar-refractivity contribution is 7.85. The summed E-state index contributed by atoms with van der Waals surface area (Å²) in [7, 11) is -0.920. The molecule has 0 aliphatic carbocycles. The maximum Gasteiger partial charge on any atom is 0.345 e. The molecule has 0 spiro atoms. The second-order valence-electron chi connectivity index (χ2n) is 3.91.